The Kier molecular flexibility index (Phi) is 3.00. The summed E-state index contributed by atoms with van der Waals surface area (Å²) in [5.41, 5.74) is 5.14. The highest BCUT2D eigenvalue weighted by atomic mass is 19.1. The lowest BCUT2D eigenvalue weighted by atomic mass is 10.2. The van der Waals surface area contributed by atoms with Gasteiger partial charge in [-0.25, -0.2) is 14.4 Å². The van der Waals surface area contributed by atoms with Crippen LogP contribution < -0.4 is 0 Å². The van der Waals surface area contributed by atoms with E-state index in [-0.39, 0.29) is 5.82 Å². The quantitative estimate of drug-likeness (QED) is 0.485. The van der Waals surface area contributed by atoms with Crippen LogP contribution in [-0.4, -0.2) is 19.5 Å². The molecule has 3 aromatic heterocycles. The summed E-state index contributed by atoms with van der Waals surface area (Å²) >= 11 is 0. The fourth-order valence-corrected chi connectivity index (χ4v) is 3.24. The van der Waals surface area contributed by atoms with Gasteiger partial charge in [-0.1, -0.05) is 12.1 Å². The van der Waals surface area contributed by atoms with Crippen molar-refractivity contribution in [1.29, 1.82) is 0 Å². The molecule has 3 heterocycles. The van der Waals surface area contributed by atoms with Crippen LogP contribution in [0.4, 0.5) is 4.39 Å². The molecule has 0 atom stereocenters. The second-order valence-electron chi connectivity index (χ2n) is 5.99. The van der Waals surface area contributed by atoms with Gasteiger partial charge in [-0.05, 0) is 48.0 Å². The van der Waals surface area contributed by atoms with Gasteiger partial charge in [0.15, 0.2) is 5.65 Å². The maximum atomic E-state index is 13.8. The second kappa shape index (κ2) is 5.34. The number of nitrogens with zero attached hydrogens (tertiary/aromatic N) is 4. The summed E-state index contributed by atoms with van der Waals surface area (Å²) in [6.45, 7) is 0.626. The van der Waals surface area contributed by atoms with Crippen LogP contribution in [0.5, 0.6) is 0 Å². The number of hydrogen-bond donors (Lipinski definition) is 0. The van der Waals surface area contributed by atoms with Crippen LogP contribution in [0.2, 0.25) is 0 Å². The highest BCUT2D eigenvalue weighted by molar-refractivity contribution is 6.06. The molecular formula is C20H13FN4. The van der Waals surface area contributed by atoms with Gasteiger partial charge in [0.05, 0.1) is 16.6 Å². The molecule has 0 N–H and O–H groups in total. The summed E-state index contributed by atoms with van der Waals surface area (Å²) < 4.78 is 15.9. The van der Waals surface area contributed by atoms with Crippen LogP contribution in [0.15, 0.2) is 67.0 Å². The van der Waals surface area contributed by atoms with Crippen molar-refractivity contribution >= 4 is 33.1 Å². The van der Waals surface area contributed by atoms with E-state index in [4.69, 9.17) is 9.97 Å². The van der Waals surface area contributed by atoms with Crippen LogP contribution >= 0.6 is 0 Å². The van der Waals surface area contributed by atoms with Crippen molar-refractivity contribution in [2.45, 2.75) is 6.54 Å². The molecule has 5 heteroatoms. The predicted molar refractivity (Wildman–Crippen MR) is 95.8 cm³/mol. The minimum absolute atomic E-state index is 0.273. The molecule has 0 aliphatic heterocycles. The normalized spacial score (nSPS) is 11.6. The zero-order valence-electron chi connectivity index (χ0n) is 13.2. The fraction of sp³-hybridized carbons (Fsp3) is 0.0500. The number of aromatic nitrogens is 4. The highest BCUT2D eigenvalue weighted by Gasteiger charge is 2.15. The summed E-state index contributed by atoms with van der Waals surface area (Å²) in [4.78, 5) is 13.6. The summed E-state index contributed by atoms with van der Waals surface area (Å²) in [6, 6.07) is 16.5. The highest BCUT2D eigenvalue weighted by Crippen LogP contribution is 2.29. The van der Waals surface area contributed by atoms with Crippen molar-refractivity contribution in [2.24, 2.45) is 0 Å². The third kappa shape index (κ3) is 2.24. The number of rotatable bonds is 2. The lowest BCUT2D eigenvalue weighted by Crippen LogP contribution is -2.01. The van der Waals surface area contributed by atoms with Crippen LogP contribution in [0, 0.1) is 5.82 Å². The Bertz CT molecular complexity index is 1230. The van der Waals surface area contributed by atoms with Gasteiger partial charge in [0, 0.05) is 24.3 Å². The first-order valence-corrected chi connectivity index (χ1v) is 8.03. The number of halogens is 1. The summed E-state index contributed by atoms with van der Waals surface area (Å²) in [7, 11) is 0. The number of fused-ring (bicyclic) bond motifs is 4. The van der Waals surface area contributed by atoms with Crippen molar-refractivity contribution in [3.63, 3.8) is 0 Å². The molecule has 0 aliphatic carbocycles. The molecule has 0 unspecified atom stereocenters. The zero-order chi connectivity index (χ0) is 16.8. The maximum Gasteiger partial charge on any atom is 0.160 e. The van der Waals surface area contributed by atoms with Gasteiger partial charge in [0.2, 0.25) is 0 Å². The summed E-state index contributed by atoms with van der Waals surface area (Å²) in [5, 5.41) is 0.780. The van der Waals surface area contributed by atoms with Crippen molar-refractivity contribution in [1.82, 2.24) is 19.5 Å². The number of hydrogen-bond acceptors (Lipinski definition) is 3. The molecule has 120 valence electrons. The topological polar surface area (TPSA) is 43.6 Å². The molecule has 5 rings (SSSR count). The first-order chi connectivity index (χ1) is 12.3. The first kappa shape index (κ1) is 14.0. The Morgan fingerprint density at radius 1 is 0.880 bits per heavy atom. The molecule has 25 heavy (non-hydrogen) atoms. The molecule has 0 saturated heterocycles. The van der Waals surface area contributed by atoms with E-state index in [2.05, 4.69) is 9.55 Å². The molecule has 0 saturated carbocycles. The third-order valence-corrected chi connectivity index (χ3v) is 4.40. The van der Waals surface area contributed by atoms with Crippen LogP contribution in [0.1, 0.15) is 5.56 Å². The lowest BCUT2D eigenvalue weighted by molar-refractivity contribution is 0.629. The van der Waals surface area contributed by atoms with Gasteiger partial charge >= 0.3 is 0 Å². The standard InChI is InChI=1S/C20H13FN4/c21-14-5-6-18-15(11-14)19-20(24-17-4-2-1-3-16(17)23-19)25(18)12-13-7-9-22-10-8-13/h1-11H,12H2. The van der Waals surface area contributed by atoms with Crippen LogP contribution in [-0.2, 0) is 6.54 Å². The van der Waals surface area contributed by atoms with Crippen LogP contribution in [0.3, 0.4) is 0 Å². The monoisotopic (exact) mass is 328 g/mol. The van der Waals surface area contributed by atoms with Gasteiger partial charge in [-0.15, -0.1) is 0 Å². The van der Waals surface area contributed by atoms with Gasteiger partial charge in [-0.3, -0.25) is 4.98 Å². The number of para-hydroxylation sites is 2. The van der Waals surface area contributed by atoms with E-state index >= 15 is 0 Å². The molecule has 5 aromatic rings. The minimum atomic E-state index is -0.273. The van der Waals surface area contributed by atoms with Crippen molar-refractivity contribution in [2.75, 3.05) is 0 Å². The lowest BCUT2D eigenvalue weighted by Gasteiger charge is -2.07. The first-order valence-electron chi connectivity index (χ1n) is 8.03. The van der Waals surface area contributed by atoms with Crippen molar-refractivity contribution in [3.05, 3.63) is 78.4 Å². The second-order valence-corrected chi connectivity index (χ2v) is 5.99. The van der Waals surface area contributed by atoms with E-state index in [0.717, 1.165) is 38.7 Å². The molecule has 0 aliphatic rings. The molecule has 0 amide bonds. The molecule has 0 radical (unpaired) electrons. The smallest absolute Gasteiger partial charge is 0.160 e. The van der Waals surface area contributed by atoms with E-state index in [1.807, 2.05) is 36.4 Å². The Hall–Kier alpha value is -3.34. The van der Waals surface area contributed by atoms with E-state index in [0.29, 0.717) is 6.54 Å². The van der Waals surface area contributed by atoms with Gasteiger partial charge < -0.3 is 4.57 Å². The van der Waals surface area contributed by atoms with Crippen molar-refractivity contribution in [3.8, 4) is 0 Å². The molecule has 0 spiro atoms. The van der Waals surface area contributed by atoms with Crippen LogP contribution in [0.25, 0.3) is 33.1 Å². The molecule has 0 fully saturated rings. The van der Waals surface area contributed by atoms with E-state index in [1.54, 1.807) is 18.5 Å². The SMILES string of the molecule is Fc1ccc2c(c1)c1nc3ccccc3nc1n2Cc1ccncc1. The number of pyridine rings is 1. The maximum absolute atomic E-state index is 13.8. The average molecular weight is 328 g/mol. The Morgan fingerprint density at radius 3 is 2.44 bits per heavy atom. The van der Waals surface area contributed by atoms with E-state index < -0.39 is 0 Å². The predicted octanol–water partition coefficient (Wildman–Crippen LogP) is 4.32. The third-order valence-electron chi connectivity index (χ3n) is 4.40. The Labute approximate surface area is 142 Å². The number of benzene rings is 2. The van der Waals surface area contributed by atoms with Gasteiger partial charge in [-0.2, -0.15) is 0 Å². The molecule has 0 bridgehead atoms. The van der Waals surface area contributed by atoms with E-state index in [1.165, 1.54) is 12.1 Å². The summed E-state index contributed by atoms with van der Waals surface area (Å²) in [5.74, 6) is -0.273. The zero-order valence-corrected chi connectivity index (χ0v) is 13.2. The molecule has 2 aromatic carbocycles. The fourth-order valence-electron chi connectivity index (χ4n) is 3.24. The molecule has 4 nitrogen and oxygen atoms in total. The Balaban J connectivity index is 1.88. The van der Waals surface area contributed by atoms with Gasteiger partial charge in [0.1, 0.15) is 11.3 Å². The summed E-state index contributed by atoms with van der Waals surface area (Å²) in [6.07, 6.45) is 3.54. The van der Waals surface area contributed by atoms with E-state index in [9.17, 15) is 4.39 Å². The minimum Gasteiger partial charge on any atom is -0.319 e. The van der Waals surface area contributed by atoms with Crippen molar-refractivity contribution < 1.29 is 4.39 Å². The Morgan fingerprint density at radius 2 is 1.64 bits per heavy atom. The van der Waals surface area contributed by atoms with Gasteiger partial charge in [0.25, 0.3) is 0 Å². The largest absolute Gasteiger partial charge is 0.319 e. The molecular weight excluding hydrogens is 315 g/mol. The average Bonchev–Trinajstić information content (AvgIpc) is 2.93.